The minimum Gasteiger partial charge on any atom is -0.493 e. The highest BCUT2D eigenvalue weighted by Crippen LogP contribution is 2.33. The molecule has 0 saturated heterocycles. The van der Waals surface area contributed by atoms with Crippen molar-refractivity contribution in [1.29, 1.82) is 0 Å². The number of carbonyl (C=O) groups is 1. The van der Waals surface area contributed by atoms with E-state index in [1.54, 1.807) is 38.5 Å². The molecule has 9 heteroatoms. The van der Waals surface area contributed by atoms with Crippen LogP contribution in [0, 0.1) is 0 Å². The van der Waals surface area contributed by atoms with Crippen LogP contribution in [0.3, 0.4) is 0 Å². The summed E-state index contributed by atoms with van der Waals surface area (Å²) < 4.78 is 21.8. The van der Waals surface area contributed by atoms with E-state index in [1.807, 2.05) is 12.1 Å². The Morgan fingerprint density at radius 2 is 1.85 bits per heavy atom. The van der Waals surface area contributed by atoms with E-state index in [0.717, 1.165) is 24.3 Å². The fraction of sp³-hybridized carbons (Fsp3) is 0.280. The smallest absolute Gasteiger partial charge is 0.262 e. The van der Waals surface area contributed by atoms with Crippen LogP contribution in [-0.4, -0.2) is 38.2 Å². The molecule has 4 rings (SSSR count). The standard InChI is InChI=1S/C25H25ClN2O6/c1-31-22-8-16-6-7-28(12-17(16)9-23(22)32-2)13-20-11-21(29)24(14-33-20)34-15-25(30)27-19-5-3-4-18(26)10-19/h3-5,8-11,14H,6-7,12-13,15H2,1-2H3,(H,27,30). The van der Waals surface area contributed by atoms with Gasteiger partial charge in [0.2, 0.25) is 11.2 Å². The lowest BCUT2D eigenvalue weighted by Gasteiger charge is -2.29. The zero-order chi connectivity index (χ0) is 24.1. The van der Waals surface area contributed by atoms with Crippen molar-refractivity contribution in [2.75, 3.05) is 32.7 Å². The number of nitrogens with one attached hydrogen (secondary N) is 1. The third-order valence-electron chi connectivity index (χ3n) is 5.50. The van der Waals surface area contributed by atoms with Gasteiger partial charge in [-0.15, -0.1) is 0 Å². The van der Waals surface area contributed by atoms with Crippen LogP contribution in [0.2, 0.25) is 5.02 Å². The molecule has 0 atom stereocenters. The van der Waals surface area contributed by atoms with Gasteiger partial charge in [0.25, 0.3) is 5.91 Å². The van der Waals surface area contributed by atoms with Crippen LogP contribution >= 0.6 is 11.6 Å². The second-order valence-electron chi connectivity index (χ2n) is 7.86. The zero-order valence-electron chi connectivity index (χ0n) is 18.9. The highest BCUT2D eigenvalue weighted by Gasteiger charge is 2.20. The Morgan fingerprint density at radius 3 is 2.56 bits per heavy atom. The summed E-state index contributed by atoms with van der Waals surface area (Å²) >= 11 is 5.91. The van der Waals surface area contributed by atoms with Crippen molar-refractivity contribution in [1.82, 2.24) is 4.90 Å². The lowest BCUT2D eigenvalue weighted by molar-refractivity contribution is -0.118. The number of carbonyl (C=O) groups excluding carboxylic acids is 1. The van der Waals surface area contributed by atoms with Crippen molar-refractivity contribution in [3.05, 3.63) is 80.9 Å². The lowest BCUT2D eigenvalue weighted by atomic mass is 9.98. The van der Waals surface area contributed by atoms with Crippen molar-refractivity contribution < 1.29 is 23.4 Å². The van der Waals surface area contributed by atoms with Gasteiger partial charge in [-0.05, 0) is 47.9 Å². The molecule has 0 bridgehead atoms. The van der Waals surface area contributed by atoms with Crippen LogP contribution in [0.1, 0.15) is 16.9 Å². The quantitative estimate of drug-likeness (QED) is 0.518. The Bertz CT molecular complexity index is 1240. The molecule has 1 aliphatic heterocycles. The Morgan fingerprint density at radius 1 is 1.09 bits per heavy atom. The number of ether oxygens (including phenoxy) is 3. The van der Waals surface area contributed by atoms with Gasteiger partial charge in [-0.1, -0.05) is 17.7 Å². The molecular weight excluding hydrogens is 460 g/mol. The third-order valence-corrected chi connectivity index (χ3v) is 5.73. The van der Waals surface area contributed by atoms with Gasteiger partial charge >= 0.3 is 0 Å². The molecule has 178 valence electrons. The molecule has 0 fully saturated rings. The predicted octanol–water partition coefficient (Wildman–Crippen LogP) is 3.89. The topological polar surface area (TPSA) is 90.2 Å². The van der Waals surface area contributed by atoms with Gasteiger partial charge in [-0.2, -0.15) is 0 Å². The SMILES string of the molecule is COc1cc2c(cc1OC)CN(Cc1cc(=O)c(OCC(=O)Nc3cccc(Cl)c3)co1)CC2. The molecular formula is C25H25ClN2O6. The molecule has 3 aromatic rings. The summed E-state index contributed by atoms with van der Waals surface area (Å²) in [6.45, 7) is 1.65. The van der Waals surface area contributed by atoms with E-state index in [1.165, 1.54) is 17.9 Å². The maximum absolute atomic E-state index is 12.5. The van der Waals surface area contributed by atoms with Gasteiger partial charge in [0.05, 0.1) is 20.8 Å². The summed E-state index contributed by atoms with van der Waals surface area (Å²) in [6, 6.07) is 12.2. The predicted molar refractivity (Wildman–Crippen MR) is 128 cm³/mol. The number of anilines is 1. The molecule has 2 aromatic carbocycles. The molecule has 1 N–H and O–H groups in total. The highest BCUT2D eigenvalue weighted by atomic mass is 35.5. The summed E-state index contributed by atoms with van der Waals surface area (Å²) in [7, 11) is 3.24. The Hall–Kier alpha value is -3.49. The Kier molecular flexibility index (Phi) is 7.40. The van der Waals surface area contributed by atoms with E-state index in [2.05, 4.69) is 10.2 Å². The highest BCUT2D eigenvalue weighted by molar-refractivity contribution is 6.30. The normalized spacial score (nSPS) is 13.1. The molecule has 34 heavy (non-hydrogen) atoms. The van der Waals surface area contributed by atoms with Crippen LogP contribution in [0.15, 0.2) is 57.9 Å². The van der Waals surface area contributed by atoms with Crippen molar-refractivity contribution in [2.24, 2.45) is 0 Å². The van der Waals surface area contributed by atoms with E-state index in [-0.39, 0.29) is 17.8 Å². The van der Waals surface area contributed by atoms with Gasteiger partial charge in [-0.25, -0.2) is 0 Å². The molecule has 1 aliphatic rings. The summed E-state index contributed by atoms with van der Waals surface area (Å²) in [6.07, 6.45) is 2.10. The molecule has 0 unspecified atom stereocenters. The number of benzene rings is 2. The van der Waals surface area contributed by atoms with E-state index in [4.69, 9.17) is 30.2 Å². The van der Waals surface area contributed by atoms with E-state index < -0.39 is 5.91 Å². The summed E-state index contributed by atoms with van der Waals surface area (Å²) in [5.41, 5.74) is 2.57. The first-order valence-electron chi connectivity index (χ1n) is 10.7. The number of fused-ring (bicyclic) bond motifs is 1. The second-order valence-corrected chi connectivity index (χ2v) is 8.30. The van der Waals surface area contributed by atoms with Gasteiger partial charge in [0, 0.05) is 29.9 Å². The van der Waals surface area contributed by atoms with Crippen LogP contribution in [0.25, 0.3) is 0 Å². The van der Waals surface area contributed by atoms with Crippen molar-refractivity contribution >= 4 is 23.2 Å². The van der Waals surface area contributed by atoms with Crippen LogP contribution in [-0.2, 0) is 24.3 Å². The molecule has 0 saturated carbocycles. The largest absolute Gasteiger partial charge is 0.493 e. The van der Waals surface area contributed by atoms with Gasteiger partial charge < -0.3 is 23.9 Å². The first-order valence-corrected chi connectivity index (χ1v) is 11.1. The van der Waals surface area contributed by atoms with Crippen LogP contribution in [0.5, 0.6) is 17.2 Å². The zero-order valence-corrected chi connectivity index (χ0v) is 19.7. The first-order chi connectivity index (χ1) is 16.4. The molecule has 8 nitrogen and oxygen atoms in total. The van der Waals surface area contributed by atoms with Gasteiger partial charge in [0.15, 0.2) is 18.1 Å². The van der Waals surface area contributed by atoms with Gasteiger partial charge in [0.1, 0.15) is 12.0 Å². The fourth-order valence-corrected chi connectivity index (χ4v) is 4.02. The maximum atomic E-state index is 12.5. The lowest BCUT2D eigenvalue weighted by Crippen LogP contribution is -2.30. The summed E-state index contributed by atoms with van der Waals surface area (Å²) in [4.78, 5) is 26.7. The molecule has 0 aliphatic carbocycles. The number of hydrogen-bond donors (Lipinski definition) is 1. The fourth-order valence-electron chi connectivity index (χ4n) is 3.83. The number of methoxy groups -OCH3 is 2. The molecule has 1 aromatic heterocycles. The number of halogens is 1. The van der Waals surface area contributed by atoms with Crippen LogP contribution < -0.4 is 25.0 Å². The van der Waals surface area contributed by atoms with Crippen molar-refractivity contribution in [3.63, 3.8) is 0 Å². The number of hydrogen-bond acceptors (Lipinski definition) is 7. The van der Waals surface area contributed by atoms with Crippen molar-refractivity contribution in [3.8, 4) is 17.2 Å². The van der Waals surface area contributed by atoms with E-state index in [9.17, 15) is 9.59 Å². The van der Waals surface area contributed by atoms with Gasteiger partial charge in [-0.3, -0.25) is 14.5 Å². The first kappa shape index (κ1) is 23.7. The minimum atomic E-state index is -0.412. The number of nitrogens with zero attached hydrogens (tertiary/aromatic N) is 1. The molecule has 2 heterocycles. The molecule has 0 radical (unpaired) electrons. The Balaban J connectivity index is 1.34. The average molecular weight is 485 g/mol. The molecule has 1 amide bonds. The number of amides is 1. The number of rotatable bonds is 8. The molecule has 0 spiro atoms. The van der Waals surface area contributed by atoms with Crippen molar-refractivity contribution in [2.45, 2.75) is 19.5 Å². The summed E-state index contributed by atoms with van der Waals surface area (Å²) in [5, 5.41) is 3.16. The maximum Gasteiger partial charge on any atom is 0.262 e. The Labute approximate surface area is 202 Å². The monoisotopic (exact) mass is 484 g/mol. The third kappa shape index (κ3) is 5.70. The van der Waals surface area contributed by atoms with E-state index in [0.29, 0.717) is 35.3 Å². The average Bonchev–Trinajstić information content (AvgIpc) is 2.82. The minimum absolute atomic E-state index is 0.0224. The van der Waals surface area contributed by atoms with E-state index >= 15 is 0 Å². The summed E-state index contributed by atoms with van der Waals surface area (Å²) in [5.74, 6) is 1.49. The van der Waals surface area contributed by atoms with Crippen LogP contribution in [0.4, 0.5) is 5.69 Å². The second kappa shape index (κ2) is 10.6.